The number of rotatable bonds is 0. The van der Waals surface area contributed by atoms with Gasteiger partial charge in [0, 0.05) is 13.6 Å². The molecule has 0 saturated heterocycles. The summed E-state index contributed by atoms with van der Waals surface area (Å²) in [4.78, 5) is 20.6. The second kappa shape index (κ2) is 4.96. The molecule has 0 atom stereocenters. The Labute approximate surface area is 90.3 Å². The van der Waals surface area contributed by atoms with Gasteiger partial charge in [-0.05, 0) is 19.8 Å². The molecule has 0 bridgehead atoms. The van der Waals surface area contributed by atoms with Gasteiger partial charge in [-0.25, -0.2) is 4.98 Å². The number of anilines is 1. The maximum absolute atomic E-state index is 11.5. The first kappa shape index (κ1) is 11.8. The van der Waals surface area contributed by atoms with Crippen molar-refractivity contribution in [2.75, 3.05) is 18.5 Å². The molecular formula is C11H19N3O. The van der Waals surface area contributed by atoms with Crippen LogP contribution in [0, 0.1) is 6.92 Å². The van der Waals surface area contributed by atoms with E-state index in [1.165, 1.54) is 0 Å². The van der Waals surface area contributed by atoms with Crippen LogP contribution in [0.25, 0.3) is 0 Å². The molecule has 1 N–H and O–H groups in total. The van der Waals surface area contributed by atoms with Crippen molar-refractivity contribution in [2.45, 2.75) is 33.6 Å². The average Bonchev–Trinajstić information content (AvgIpc) is 2.23. The zero-order valence-corrected chi connectivity index (χ0v) is 9.92. The van der Waals surface area contributed by atoms with Crippen LogP contribution in [0.5, 0.6) is 0 Å². The Morgan fingerprint density at radius 3 is 2.73 bits per heavy atom. The first-order chi connectivity index (χ1) is 7.18. The summed E-state index contributed by atoms with van der Waals surface area (Å²) in [6, 6.07) is 0. The van der Waals surface area contributed by atoms with E-state index in [1.54, 1.807) is 0 Å². The van der Waals surface area contributed by atoms with Crippen molar-refractivity contribution in [2.24, 2.45) is 0 Å². The molecule has 0 unspecified atom stereocenters. The number of aryl methyl sites for hydroxylation is 1. The van der Waals surface area contributed by atoms with Gasteiger partial charge in [0.05, 0.1) is 5.56 Å². The van der Waals surface area contributed by atoms with Crippen molar-refractivity contribution >= 4 is 5.82 Å². The van der Waals surface area contributed by atoms with Gasteiger partial charge >= 0.3 is 0 Å². The molecule has 0 amide bonds. The minimum Gasteiger partial charge on any atom is -0.359 e. The molecule has 0 fully saturated rings. The van der Waals surface area contributed by atoms with E-state index in [-0.39, 0.29) is 5.56 Å². The third kappa shape index (κ3) is 2.37. The number of nitrogens with one attached hydrogen (secondary N) is 1. The molecule has 2 heterocycles. The van der Waals surface area contributed by atoms with Crippen LogP contribution in [0.15, 0.2) is 4.79 Å². The van der Waals surface area contributed by atoms with E-state index in [0.717, 1.165) is 30.8 Å². The van der Waals surface area contributed by atoms with E-state index in [9.17, 15) is 4.79 Å². The van der Waals surface area contributed by atoms with Gasteiger partial charge in [-0.1, -0.05) is 13.8 Å². The van der Waals surface area contributed by atoms with Crippen molar-refractivity contribution in [3.63, 3.8) is 0 Å². The summed E-state index contributed by atoms with van der Waals surface area (Å²) in [6.45, 7) is 6.80. The number of nitrogens with zero attached hydrogens (tertiary/aromatic N) is 2. The van der Waals surface area contributed by atoms with Crippen molar-refractivity contribution in [1.82, 2.24) is 9.97 Å². The normalized spacial score (nSPS) is 14.0. The predicted molar refractivity (Wildman–Crippen MR) is 62.5 cm³/mol. The summed E-state index contributed by atoms with van der Waals surface area (Å²) in [5.41, 5.74) is 0.855. The minimum absolute atomic E-state index is 0.0223. The fourth-order valence-corrected chi connectivity index (χ4v) is 1.74. The van der Waals surface area contributed by atoms with Gasteiger partial charge in [-0.2, -0.15) is 0 Å². The molecular weight excluding hydrogens is 190 g/mol. The van der Waals surface area contributed by atoms with Gasteiger partial charge in [0.1, 0.15) is 11.6 Å². The predicted octanol–water partition coefficient (Wildman–Crippen LogP) is 1.49. The number of fused-ring (bicyclic) bond motifs is 1. The van der Waals surface area contributed by atoms with E-state index in [4.69, 9.17) is 0 Å². The Bertz CT molecular complexity index is 384. The Balaban J connectivity index is 0.000000531. The molecule has 1 aliphatic rings. The zero-order chi connectivity index (χ0) is 11.4. The van der Waals surface area contributed by atoms with Crippen LogP contribution in [0.2, 0.25) is 0 Å². The van der Waals surface area contributed by atoms with Crippen LogP contribution in [0.1, 0.15) is 31.7 Å². The van der Waals surface area contributed by atoms with Gasteiger partial charge < -0.3 is 9.88 Å². The Morgan fingerprint density at radius 1 is 1.40 bits per heavy atom. The smallest absolute Gasteiger partial charge is 0.256 e. The fraction of sp³-hybridized carbons (Fsp3) is 0.636. The van der Waals surface area contributed by atoms with Gasteiger partial charge in [0.2, 0.25) is 0 Å². The molecule has 15 heavy (non-hydrogen) atoms. The molecule has 0 saturated carbocycles. The van der Waals surface area contributed by atoms with Gasteiger partial charge in [-0.15, -0.1) is 0 Å². The minimum atomic E-state index is 0.0223. The third-order valence-electron chi connectivity index (χ3n) is 2.39. The molecule has 4 nitrogen and oxygen atoms in total. The average molecular weight is 209 g/mol. The molecule has 1 aliphatic heterocycles. The summed E-state index contributed by atoms with van der Waals surface area (Å²) in [5, 5.41) is 0. The molecule has 0 spiro atoms. The lowest BCUT2D eigenvalue weighted by Crippen LogP contribution is -2.31. The lowest BCUT2D eigenvalue weighted by atomic mass is 10.1. The van der Waals surface area contributed by atoms with E-state index in [1.807, 2.05) is 32.7 Å². The van der Waals surface area contributed by atoms with Crippen LogP contribution in [0.3, 0.4) is 0 Å². The topological polar surface area (TPSA) is 49.0 Å². The van der Waals surface area contributed by atoms with E-state index in [2.05, 4.69) is 9.97 Å². The quantitative estimate of drug-likeness (QED) is 0.704. The largest absolute Gasteiger partial charge is 0.359 e. The van der Waals surface area contributed by atoms with Crippen molar-refractivity contribution < 1.29 is 0 Å². The Kier molecular flexibility index (Phi) is 3.88. The molecule has 0 aromatic carbocycles. The molecule has 4 heteroatoms. The van der Waals surface area contributed by atoms with Crippen LogP contribution >= 0.6 is 0 Å². The van der Waals surface area contributed by atoms with Gasteiger partial charge in [0.15, 0.2) is 0 Å². The summed E-state index contributed by atoms with van der Waals surface area (Å²) in [5.74, 6) is 1.55. The van der Waals surface area contributed by atoms with Gasteiger partial charge in [0.25, 0.3) is 5.56 Å². The molecule has 1 aromatic heterocycles. The maximum Gasteiger partial charge on any atom is 0.256 e. The zero-order valence-electron chi connectivity index (χ0n) is 9.92. The van der Waals surface area contributed by atoms with Crippen molar-refractivity contribution in [3.8, 4) is 0 Å². The molecule has 2 rings (SSSR count). The number of hydrogen-bond donors (Lipinski definition) is 1. The third-order valence-corrected chi connectivity index (χ3v) is 2.39. The second-order valence-electron chi connectivity index (χ2n) is 3.48. The maximum atomic E-state index is 11.5. The highest BCUT2D eigenvalue weighted by atomic mass is 16.1. The standard InChI is InChI=1S/C9H13N3O.C2H6/c1-6-10-8-7(9(13)11-6)4-3-5-12(8)2;1-2/h3-5H2,1-2H3,(H,10,11,13);1-2H3. The van der Waals surface area contributed by atoms with Gasteiger partial charge in [-0.3, -0.25) is 4.79 Å². The van der Waals surface area contributed by atoms with Crippen LogP contribution in [0.4, 0.5) is 5.82 Å². The SMILES string of the molecule is CC.Cc1nc2c(c(=O)[nH]1)CCCN2C. The van der Waals surface area contributed by atoms with E-state index < -0.39 is 0 Å². The van der Waals surface area contributed by atoms with Crippen LogP contribution in [-0.2, 0) is 6.42 Å². The van der Waals surface area contributed by atoms with E-state index in [0.29, 0.717) is 5.82 Å². The first-order valence-electron chi connectivity index (χ1n) is 5.49. The number of aromatic nitrogens is 2. The highest BCUT2D eigenvalue weighted by Gasteiger charge is 2.18. The van der Waals surface area contributed by atoms with Crippen LogP contribution < -0.4 is 10.5 Å². The monoisotopic (exact) mass is 209 g/mol. The lowest BCUT2D eigenvalue weighted by Gasteiger charge is -2.25. The summed E-state index contributed by atoms with van der Waals surface area (Å²) < 4.78 is 0. The highest BCUT2D eigenvalue weighted by molar-refractivity contribution is 5.47. The summed E-state index contributed by atoms with van der Waals surface area (Å²) >= 11 is 0. The summed E-state index contributed by atoms with van der Waals surface area (Å²) in [6.07, 6.45) is 1.89. The Morgan fingerprint density at radius 2 is 2.07 bits per heavy atom. The molecule has 0 radical (unpaired) electrons. The van der Waals surface area contributed by atoms with Crippen molar-refractivity contribution in [1.29, 1.82) is 0 Å². The van der Waals surface area contributed by atoms with Crippen LogP contribution in [-0.4, -0.2) is 23.6 Å². The number of aromatic amines is 1. The highest BCUT2D eigenvalue weighted by Crippen LogP contribution is 2.19. The van der Waals surface area contributed by atoms with Crippen molar-refractivity contribution in [3.05, 3.63) is 21.7 Å². The second-order valence-corrected chi connectivity index (χ2v) is 3.48. The molecule has 84 valence electrons. The fourth-order valence-electron chi connectivity index (χ4n) is 1.74. The summed E-state index contributed by atoms with van der Waals surface area (Å²) in [7, 11) is 1.98. The number of hydrogen-bond acceptors (Lipinski definition) is 3. The lowest BCUT2D eigenvalue weighted by molar-refractivity contribution is 0.712. The Hall–Kier alpha value is -1.32. The molecule has 1 aromatic rings. The van der Waals surface area contributed by atoms with E-state index >= 15 is 0 Å². The number of H-pyrrole nitrogens is 1. The first-order valence-corrected chi connectivity index (χ1v) is 5.49. The molecule has 0 aliphatic carbocycles.